The van der Waals surface area contributed by atoms with Crippen molar-refractivity contribution in [2.45, 2.75) is 33.2 Å². The van der Waals surface area contributed by atoms with E-state index in [-0.39, 0.29) is 5.91 Å². The molecule has 0 saturated carbocycles. The third-order valence-electron chi connectivity index (χ3n) is 6.34. The van der Waals surface area contributed by atoms with E-state index in [2.05, 4.69) is 4.90 Å². The molecular formula is C28H28ClF3N2O2. The topological polar surface area (TPSA) is 32.8 Å². The molecule has 1 heterocycles. The summed E-state index contributed by atoms with van der Waals surface area (Å²) < 4.78 is 44.8. The molecule has 4 rings (SSSR count). The van der Waals surface area contributed by atoms with Crippen molar-refractivity contribution in [3.8, 4) is 5.75 Å². The molecule has 36 heavy (non-hydrogen) atoms. The number of hydrogen-bond donors (Lipinski definition) is 0. The van der Waals surface area contributed by atoms with E-state index >= 15 is 0 Å². The first-order chi connectivity index (χ1) is 17.1. The number of carbonyl (C=O) groups excluding carboxylic acids is 1. The number of rotatable bonds is 6. The average Bonchev–Trinajstić information content (AvgIpc) is 2.86. The molecule has 1 fully saturated rings. The molecule has 0 spiro atoms. The highest BCUT2D eigenvalue weighted by Crippen LogP contribution is 2.30. The Morgan fingerprint density at radius 3 is 2.17 bits per heavy atom. The van der Waals surface area contributed by atoms with Crippen molar-refractivity contribution in [2.75, 3.05) is 26.2 Å². The fraction of sp³-hybridized carbons (Fsp3) is 0.321. The van der Waals surface area contributed by atoms with E-state index in [4.69, 9.17) is 16.3 Å². The fourth-order valence-electron chi connectivity index (χ4n) is 4.30. The lowest BCUT2D eigenvalue weighted by Gasteiger charge is -2.35. The van der Waals surface area contributed by atoms with Gasteiger partial charge < -0.3 is 9.64 Å². The molecule has 0 N–H and O–H groups in total. The van der Waals surface area contributed by atoms with E-state index in [0.29, 0.717) is 50.5 Å². The van der Waals surface area contributed by atoms with Crippen LogP contribution in [0.25, 0.3) is 0 Å². The number of benzene rings is 3. The van der Waals surface area contributed by atoms with Crippen molar-refractivity contribution in [1.29, 1.82) is 0 Å². The Labute approximate surface area is 214 Å². The highest BCUT2D eigenvalue weighted by molar-refractivity contribution is 6.32. The number of hydrogen-bond acceptors (Lipinski definition) is 3. The Hall–Kier alpha value is -3.03. The van der Waals surface area contributed by atoms with Gasteiger partial charge in [-0.1, -0.05) is 41.9 Å². The summed E-state index contributed by atoms with van der Waals surface area (Å²) >= 11 is 6.21. The van der Waals surface area contributed by atoms with Crippen molar-refractivity contribution >= 4 is 17.5 Å². The number of ether oxygens (including phenoxy) is 1. The molecule has 0 radical (unpaired) electrons. The Morgan fingerprint density at radius 1 is 0.917 bits per heavy atom. The van der Waals surface area contributed by atoms with Gasteiger partial charge in [-0.2, -0.15) is 13.2 Å². The number of alkyl halides is 3. The Kier molecular flexibility index (Phi) is 7.91. The van der Waals surface area contributed by atoms with E-state index in [0.717, 1.165) is 33.5 Å². The number of carbonyl (C=O) groups is 1. The predicted octanol–water partition coefficient (Wildman–Crippen LogP) is 6.51. The Bertz CT molecular complexity index is 1200. The van der Waals surface area contributed by atoms with E-state index in [1.165, 1.54) is 12.1 Å². The highest BCUT2D eigenvalue weighted by atomic mass is 35.5. The van der Waals surface area contributed by atoms with Crippen molar-refractivity contribution in [1.82, 2.24) is 9.80 Å². The third-order valence-corrected chi connectivity index (χ3v) is 6.93. The summed E-state index contributed by atoms with van der Waals surface area (Å²) in [7, 11) is 0. The molecule has 8 heteroatoms. The fourth-order valence-corrected chi connectivity index (χ4v) is 4.40. The molecule has 3 aromatic rings. The van der Waals surface area contributed by atoms with Crippen molar-refractivity contribution in [3.63, 3.8) is 0 Å². The van der Waals surface area contributed by atoms with Crippen LogP contribution in [0.3, 0.4) is 0 Å². The van der Waals surface area contributed by atoms with E-state index in [1.807, 2.05) is 38.1 Å². The number of aryl methyl sites for hydroxylation is 2. The molecular weight excluding hydrogens is 489 g/mol. The second kappa shape index (κ2) is 10.9. The normalized spacial score (nSPS) is 14.7. The first-order valence-electron chi connectivity index (χ1n) is 11.8. The minimum absolute atomic E-state index is 0.0508. The van der Waals surface area contributed by atoms with Crippen LogP contribution < -0.4 is 4.74 Å². The molecule has 1 aliphatic heterocycles. The van der Waals surface area contributed by atoms with Gasteiger partial charge in [0.15, 0.2) is 0 Å². The second-order valence-electron chi connectivity index (χ2n) is 9.12. The van der Waals surface area contributed by atoms with Crippen LogP contribution >= 0.6 is 11.6 Å². The molecule has 0 aromatic heterocycles. The van der Waals surface area contributed by atoms with Crippen LogP contribution in [-0.2, 0) is 19.3 Å². The molecule has 0 unspecified atom stereocenters. The van der Waals surface area contributed by atoms with Crippen molar-refractivity contribution in [3.05, 3.63) is 99.1 Å². The maximum atomic E-state index is 13.0. The van der Waals surface area contributed by atoms with Crippen molar-refractivity contribution < 1.29 is 22.7 Å². The molecule has 3 aromatic carbocycles. The zero-order chi connectivity index (χ0) is 25.9. The smallest absolute Gasteiger partial charge is 0.416 e. The summed E-state index contributed by atoms with van der Waals surface area (Å²) in [6, 6.07) is 16.6. The Balaban J connectivity index is 1.28. The minimum atomic E-state index is -4.35. The first kappa shape index (κ1) is 26.0. The zero-order valence-corrected chi connectivity index (χ0v) is 21.0. The lowest BCUT2D eigenvalue weighted by Crippen LogP contribution is -2.48. The maximum Gasteiger partial charge on any atom is 0.416 e. The van der Waals surface area contributed by atoms with Gasteiger partial charge in [0, 0.05) is 43.3 Å². The first-order valence-corrected chi connectivity index (χ1v) is 12.1. The molecule has 190 valence electrons. The molecule has 0 bridgehead atoms. The molecule has 1 saturated heterocycles. The standard InChI is InChI=1S/C28H28ClF3N2O2/c1-19-14-25(15-20(2)26(19)29)36-18-21-6-8-23(9-7-21)27(35)34-12-10-33(11-13-34)17-22-4-3-5-24(16-22)28(30,31)32/h3-9,14-16H,10-13,17-18H2,1-2H3. The van der Waals surface area contributed by atoms with Gasteiger partial charge in [-0.15, -0.1) is 0 Å². The van der Waals surface area contributed by atoms with Gasteiger partial charge in [0.05, 0.1) is 5.56 Å². The van der Waals surface area contributed by atoms with Gasteiger partial charge in [-0.25, -0.2) is 0 Å². The summed E-state index contributed by atoms with van der Waals surface area (Å²) in [5.74, 6) is 0.697. The average molecular weight is 517 g/mol. The summed E-state index contributed by atoms with van der Waals surface area (Å²) in [5.41, 5.74) is 3.45. The number of piperazine rings is 1. The molecule has 1 aliphatic rings. The van der Waals surface area contributed by atoms with Crippen LogP contribution in [0.5, 0.6) is 5.75 Å². The summed E-state index contributed by atoms with van der Waals surface area (Å²) in [4.78, 5) is 16.8. The van der Waals surface area contributed by atoms with Gasteiger partial charge in [-0.3, -0.25) is 9.69 Å². The molecule has 0 atom stereocenters. The molecule has 0 aliphatic carbocycles. The second-order valence-corrected chi connectivity index (χ2v) is 9.50. The van der Waals surface area contributed by atoms with Crippen LogP contribution in [-0.4, -0.2) is 41.9 Å². The highest BCUT2D eigenvalue weighted by Gasteiger charge is 2.30. The molecule has 4 nitrogen and oxygen atoms in total. The van der Waals surface area contributed by atoms with Gasteiger partial charge >= 0.3 is 6.18 Å². The van der Waals surface area contributed by atoms with Crippen molar-refractivity contribution in [2.24, 2.45) is 0 Å². The van der Waals surface area contributed by atoms with E-state index < -0.39 is 11.7 Å². The number of amides is 1. The Morgan fingerprint density at radius 2 is 1.56 bits per heavy atom. The van der Waals surface area contributed by atoms with E-state index in [9.17, 15) is 18.0 Å². The van der Waals surface area contributed by atoms with Crippen LogP contribution in [0.4, 0.5) is 13.2 Å². The summed E-state index contributed by atoms with van der Waals surface area (Å²) in [5, 5.41) is 0.738. The molecule has 1 amide bonds. The SMILES string of the molecule is Cc1cc(OCc2ccc(C(=O)N3CCN(Cc4cccc(C(F)(F)F)c4)CC3)cc2)cc(C)c1Cl. The number of nitrogens with zero attached hydrogens (tertiary/aromatic N) is 2. The zero-order valence-electron chi connectivity index (χ0n) is 20.2. The quantitative estimate of drug-likeness (QED) is 0.374. The van der Waals surface area contributed by atoms with Crippen LogP contribution in [0.1, 0.15) is 38.2 Å². The predicted molar refractivity (Wildman–Crippen MR) is 134 cm³/mol. The van der Waals surface area contributed by atoms with Crippen LogP contribution in [0.15, 0.2) is 60.7 Å². The monoisotopic (exact) mass is 516 g/mol. The lowest BCUT2D eigenvalue weighted by atomic mass is 10.1. The van der Waals surface area contributed by atoms with Gasteiger partial charge in [0.25, 0.3) is 5.91 Å². The summed E-state index contributed by atoms with van der Waals surface area (Å²) in [6.07, 6.45) is -4.35. The van der Waals surface area contributed by atoms with E-state index in [1.54, 1.807) is 23.1 Å². The maximum absolute atomic E-state index is 13.0. The third kappa shape index (κ3) is 6.39. The summed E-state index contributed by atoms with van der Waals surface area (Å²) in [6.45, 7) is 6.94. The lowest BCUT2D eigenvalue weighted by molar-refractivity contribution is -0.137. The largest absolute Gasteiger partial charge is 0.489 e. The van der Waals surface area contributed by atoms with Crippen LogP contribution in [0, 0.1) is 13.8 Å². The number of halogens is 4. The minimum Gasteiger partial charge on any atom is -0.489 e. The van der Waals surface area contributed by atoms with Gasteiger partial charge in [-0.05, 0) is 66.4 Å². The van der Waals surface area contributed by atoms with Gasteiger partial charge in [0.1, 0.15) is 12.4 Å². The van der Waals surface area contributed by atoms with Crippen LogP contribution in [0.2, 0.25) is 5.02 Å². The van der Waals surface area contributed by atoms with Gasteiger partial charge in [0.2, 0.25) is 0 Å².